The van der Waals surface area contributed by atoms with Crippen molar-refractivity contribution >= 4 is 18.2 Å². The van der Waals surface area contributed by atoms with Gasteiger partial charge < -0.3 is 15.3 Å². The third-order valence-corrected chi connectivity index (χ3v) is 2.26. The Balaban J connectivity index is 2.22. The number of piperazine rings is 1. The van der Waals surface area contributed by atoms with Crippen LogP contribution in [0.5, 0.6) is 0 Å². The maximum Gasteiger partial charge on any atom is 0.323 e. The van der Waals surface area contributed by atoms with Crippen LogP contribution >= 0.6 is 0 Å². The van der Waals surface area contributed by atoms with Gasteiger partial charge in [0.25, 0.3) is 5.91 Å². The van der Waals surface area contributed by atoms with Crippen LogP contribution in [-0.4, -0.2) is 53.4 Å². The number of fused-ring (bicyclic) bond motifs is 1. The molecule has 70 valence electrons. The molecule has 2 rings (SSSR count). The predicted octanol–water partition coefficient (Wildman–Crippen LogP) is -1.72. The fourth-order valence-electron chi connectivity index (χ4n) is 1.64. The number of hydrogen-bond acceptors (Lipinski definition) is 4. The van der Waals surface area contributed by atoms with Gasteiger partial charge in [0, 0.05) is 13.1 Å². The minimum Gasteiger partial charge on any atom is -0.480 e. The summed E-state index contributed by atoms with van der Waals surface area (Å²) in [6.07, 6.45) is 1.42. The van der Waals surface area contributed by atoms with Gasteiger partial charge in [-0.2, -0.15) is 0 Å². The topological polar surface area (TPSA) is 82.0 Å². The van der Waals surface area contributed by atoms with Crippen LogP contribution in [0.25, 0.3) is 0 Å². The molecule has 0 aliphatic carbocycles. The smallest absolute Gasteiger partial charge is 0.323 e. The zero-order valence-electron chi connectivity index (χ0n) is 6.80. The highest BCUT2D eigenvalue weighted by Gasteiger charge is 2.42. The van der Waals surface area contributed by atoms with Crippen molar-refractivity contribution in [2.75, 3.05) is 13.1 Å². The van der Waals surface area contributed by atoms with E-state index in [9.17, 15) is 9.59 Å². The van der Waals surface area contributed by atoms with E-state index in [1.807, 2.05) is 0 Å². The van der Waals surface area contributed by atoms with Crippen LogP contribution < -0.4 is 5.32 Å². The molecule has 1 saturated heterocycles. The first kappa shape index (κ1) is 8.18. The van der Waals surface area contributed by atoms with E-state index in [2.05, 4.69) is 10.3 Å². The van der Waals surface area contributed by atoms with Crippen molar-refractivity contribution in [1.29, 1.82) is 0 Å². The maximum atomic E-state index is 11.2. The molecule has 6 heteroatoms. The first-order valence-corrected chi connectivity index (χ1v) is 4.00. The Morgan fingerprint density at radius 1 is 1.77 bits per heavy atom. The van der Waals surface area contributed by atoms with Gasteiger partial charge in [0.2, 0.25) is 0 Å². The lowest BCUT2D eigenvalue weighted by molar-refractivity contribution is -0.144. The standard InChI is InChI=1S/C7H9N3O3/c11-6-5-4(7(12)13)8-1-2-10(5)3-9-6/h3-5,8H,1-2H2,(H,12,13). The van der Waals surface area contributed by atoms with E-state index in [1.54, 1.807) is 4.90 Å². The molecule has 0 spiro atoms. The van der Waals surface area contributed by atoms with Crippen LogP contribution in [-0.2, 0) is 9.59 Å². The third kappa shape index (κ3) is 1.19. The highest BCUT2D eigenvalue weighted by Crippen LogP contribution is 2.14. The van der Waals surface area contributed by atoms with Gasteiger partial charge in [-0.1, -0.05) is 0 Å². The molecular formula is C7H9N3O3. The Kier molecular flexibility index (Phi) is 1.77. The lowest BCUT2D eigenvalue weighted by atomic mass is 10.1. The van der Waals surface area contributed by atoms with Crippen LogP contribution in [0.2, 0.25) is 0 Å². The second-order valence-electron chi connectivity index (χ2n) is 3.04. The average molecular weight is 183 g/mol. The molecule has 0 saturated carbocycles. The largest absolute Gasteiger partial charge is 0.480 e. The Morgan fingerprint density at radius 2 is 2.54 bits per heavy atom. The van der Waals surface area contributed by atoms with Crippen molar-refractivity contribution in [3.63, 3.8) is 0 Å². The van der Waals surface area contributed by atoms with Crippen LogP contribution in [0, 0.1) is 0 Å². The van der Waals surface area contributed by atoms with E-state index >= 15 is 0 Å². The molecule has 2 atom stereocenters. The summed E-state index contributed by atoms with van der Waals surface area (Å²) in [7, 11) is 0. The van der Waals surface area contributed by atoms with E-state index in [1.165, 1.54) is 6.34 Å². The molecule has 0 aromatic carbocycles. The number of amides is 1. The monoisotopic (exact) mass is 183 g/mol. The van der Waals surface area contributed by atoms with Crippen LogP contribution in [0.1, 0.15) is 0 Å². The second-order valence-corrected chi connectivity index (χ2v) is 3.04. The van der Waals surface area contributed by atoms with Crippen LogP contribution in [0.15, 0.2) is 4.99 Å². The molecule has 0 aromatic rings. The normalized spacial score (nSPS) is 32.0. The molecule has 0 aromatic heterocycles. The summed E-state index contributed by atoms with van der Waals surface area (Å²) >= 11 is 0. The lowest BCUT2D eigenvalue weighted by Crippen LogP contribution is -2.60. The first-order valence-electron chi connectivity index (χ1n) is 4.00. The maximum absolute atomic E-state index is 11.2. The number of hydrogen-bond donors (Lipinski definition) is 2. The van der Waals surface area contributed by atoms with E-state index in [-0.39, 0.29) is 5.91 Å². The molecule has 2 aliphatic rings. The fourth-order valence-corrected chi connectivity index (χ4v) is 1.64. The van der Waals surface area contributed by atoms with Gasteiger partial charge in [0.05, 0.1) is 6.34 Å². The molecule has 0 bridgehead atoms. The molecule has 6 nitrogen and oxygen atoms in total. The molecule has 13 heavy (non-hydrogen) atoms. The van der Waals surface area contributed by atoms with Gasteiger partial charge >= 0.3 is 5.97 Å². The zero-order valence-corrected chi connectivity index (χ0v) is 6.80. The summed E-state index contributed by atoms with van der Waals surface area (Å²) < 4.78 is 0. The number of carbonyl (C=O) groups is 2. The predicted molar refractivity (Wildman–Crippen MR) is 43.4 cm³/mol. The fraction of sp³-hybridized carbons (Fsp3) is 0.571. The zero-order chi connectivity index (χ0) is 9.42. The molecule has 2 N–H and O–H groups in total. The van der Waals surface area contributed by atoms with Crippen LogP contribution in [0.3, 0.4) is 0 Å². The molecule has 0 radical (unpaired) electrons. The molecule has 2 aliphatic heterocycles. The number of nitrogens with one attached hydrogen (secondary N) is 1. The van der Waals surface area contributed by atoms with Crippen molar-refractivity contribution < 1.29 is 14.7 Å². The van der Waals surface area contributed by atoms with Crippen molar-refractivity contribution in [2.45, 2.75) is 12.1 Å². The quantitative estimate of drug-likeness (QED) is 0.505. The number of carbonyl (C=O) groups excluding carboxylic acids is 1. The molecule has 2 heterocycles. The number of aliphatic imine (C=N–C) groups is 1. The Bertz CT molecular complexity index is 289. The van der Waals surface area contributed by atoms with Gasteiger partial charge in [0.1, 0.15) is 12.1 Å². The first-order chi connectivity index (χ1) is 6.20. The number of carboxylic acid groups (broad SMARTS) is 1. The van der Waals surface area contributed by atoms with E-state index in [0.717, 1.165) is 0 Å². The van der Waals surface area contributed by atoms with Crippen molar-refractivity contribution in [3.8, 4) is 0 Å². The minimum absolute atomic E-state index is 0.375. The van der Waals surface area contributed by atoms with E-state index in [0.29, 0.717) is 13.1 Å². The Labute approximate surface area is 74.2 Å². The summed E-state index contributed by atoms with van der Waals surface area (Å²) in [6.45, 7) is 1.19. The van der Waals surface area contributed by atoms with Gasteiger partial charge in [-0.15, -0.1) is 0 Å². The van der Waals surface area contributed by atoms with Gasteiger partial charge in [-0.3, -0.25) is 9.59 Å². The number of carboxylic acids is 1. The Morgan fingerprint density at radius 3 is 3.23 bits per heavy atom. The van der Waals surface area contributed by atoms with Crippen LogP contribution in [0.4, 0.5) is 0 Å². The second kappa shape index (κ2) is 2.81. The third-order valence-electron chi connectivity index (χ3n) is 2.26. The highest BCUT2D eigenvalue weighted by molar-refractivity contribution is 5.99. The summed E-state index contributed by atoms with van der Waals surface area (Å²) in [4.78, 5) is 27.2. The minimum atomic E-state index is -1.01. The number of nitrogens with zero attached hydrogens (tertiary/aromatic N) is 2. The van der Waals surface area contributed by atoms with Gasteiger partial charge in [-0.05, 0) is 0 Å². The van der Waals surface area contributed by atoms with Gasteiger partial charge in [-0.25, -0.2) is 4.99 Å². The van der Waals surface area contributed by atoms with Gasteiger partial charge in [0.15, 0.2) is 0 Å². The number of aliphatic carboxylic acids is 1. The molecule has 2 unspecified atom stereocenters. The molecular weight excluding hydrogens is 174 g/mol. The molecule has 1 fully saturated rings. The average Bonchev–Trinajstić information content (AvgIpc) is 2.48. The van der Waals surface area contributed by atoms with Crippen molar-refractivity contribution in [2.24, 2.45) is 4.99 Å². The SMILES string of the molecule is O=C(O)C1NCCN2C=NC(=O)C12. The highest BCUT2D eigenvalue weighted by atomic mass is 16.4. The Hall–Kier alpha value is -1.43. The summed E-state index contributed by atoms with van der Waals surface area (Å²) in [5.74, 6) is -1.38. The lowest BCUT2D eigenvalue weighted by Gasteiger charge is -2.33. The van der Waals surface area contributed by atoms with E-state index < -0.39 is 18.1 Å². The van der Waals surface area contributed by atoms with E-state index in [4.69, 9.17) is 5.11 Å². The van der Waals surface area contributed by atoms with Crippen molar-refractivity contribution in [1.82, 2.24) is 10.2 Å². The summed E-state index contributed by atoms with van der Waals surface area (Å²) in [5, 5.41) is 11.6. The summed E-state index contributed by atoms with van der Waals surface area (Å²) in [6, 6.07) is -1.48. The summed E-state index contributed by atoms with van der Waals surface area (Å²) in [5.41, 5.74) is 0. The molecule has 1 amide bonds. The van der Waals surface area contributed by atoms with Crippen molar-refractivity contribution in [3.05, 3.63) is 0 Å². The number of rotatable bonds is 1.